The third kappa shape index (κ3) is 6.24. The molecule has 0 saturated heterocycles. The van der Waals surface area contributed by atoms with Gasteiger partial charge in [0, 0.05) is 26.2 Å². The van der Waals surface area contributed by atoms with Crippen molar-refractivity contribution in [3.8, 4) is 0 Å². The van der Waals surface area contributed by atoms with Gasteiger partial charge in [0.05, 0.1) is 6.04 Å². The van der Waals surface area contributed by atoms with Crippen LogP contribution in [0.1, 0.15) is 49.8 Å². The van der Waals surface area contributed by atoms with Crippen LogP contribution in [0.3, 0.4) is 0 Å². The number of nitrogens with one attached hydrogen (secondary N) is 2. The zero-order valence-corrected chi connectivity index (χ0v) is 17.8. The predicted molar refractivity (Wildman–Crippen MR) is 114 cm³/mol. The number of likely N-dealkylation sites (N-methyl/N-ethyl adjacent to an activating group) is 1. The standard InChI is InChI=1S/C19H32N4.HI/c1-15-9-5-8-12-18(15)16(2)22-19(20-3)21-13-14-23(4)17-10-6-7-11-17;/h5,8-9,12,16-17H,6-7,10-11,13-14H2,1-4H3,(H2,20,21,22);1H. The van der Waals surface area contributed by atoms with Gasteiger partial charge in [0.1, 0.15) is 0 Å². The van der Waals surface area contributed by atoms with Crippen molar-refractivity contribution in [1.82, 2.24) is 15.5 Å². The summed E-state index contributed by atoms with van der Waals surface area (Å²) in [5.74, 6) is 0.876. The number of guanidine groups is 1. The van der Waals surface area contributed by atoms with E-state index in [9.17, 15) is 0 Å². The molecular formula is C19H33IN4. The van der Waals surface area contributed by atoms with Gasteiger partial charge >= 0.3 is 0 Å². The van der Waals surface area contributed by atoms with Crippen molar-refractivity contribution in [3.63, 3.8) is 0 Å². The Kier molecular flexibility index (Phi) is 9.66. The van der Waals surface area contributed by atoms with E-state index in [4.69, 9.17) is 0 Å². The minimum Gasteiger partial charge on any atom is -0.355 e. The molecular weight excluding hydrogens is 411 g/mol. The molecule has 1 atom stereocenters. The highest BCUT2D eigenvalue weighted by Gasteiger charge is 2.19. The average Bonchev–Trinajstić information content (AvgIpc) is 3.08. The molecule has 136 valence electrons. The number of nitrogens with zero attached hydrogens (tertiary/aromatic N) is 2. The first-order valence-electron chi connectivity index (χ1n) is 8.84. The number of rotatable bonds is 6. The van der Waals surface area contributed by atoms with Crippen LogP contribution in [0.15, 0.2) is 29.3 Å². The van der Waals surface area contributed by atoms with Crippen molar-refractivity contribution in [2.24, 2.45) is 4.99 Å². The largest absolute Gasteiger partial charge is 0.355 e. The molecule has 0 spiro atoms. The van der Waals surface area contributed by atoms with Crippen LogP contribution in [0.4, 0.5) is 0 Å². The van der Waals surface area contributed by atoms with Crippen molar-refractivity contribution in [2.45, 2.75) is 51.6 Å². The lowest BCUT2D eigenvalue weighted by atomic mass is 10.0. The Bertz CT molecular complexity index is 512. The minimum atomic E-state index is 0. The Morgan fingerprint density at radius 3 is 2.58 bits per heavy atom. The molecule has 0 amide bonds. The minimum absolute atomic E-state index is 0. The van der Waals surface area contributed by atoms with E-state index in [-0.39, 0.29) is 30.0 Å². The summed E-state index contributed by atoms with van der Waals surface area (Å²) in [5.41, 5.74) is 2.63. The molecule has 1 aromatic carbocycles. The van der Waals surface area contributed by atoms with E-state index in [2.05, 4.69) is 65.7 Å². The molecule has 24 heavy (non-hydrogen) atoms. The molecule has 0 heterocycles. The van der Waals surface area contributed by atoms with Gasteiger partial charge in [-0.2, -0.15) is 0 Å². The first kappa shape index (κ1) is 21.2. The second-order valence-corrected chi connectivity index (χ2v) is 6.64. The van der Waals surface area contributed by atoms with Crippen molar-refractivity contribution in [2.75, 3.05) is 27.2 Å². The topological polar surface area (TPSA) is 39.7 Å². The maximum Gasteiger partial charge on any atom is 0.191 e. The lowest BCUT2D eigenvalue weighted by Crippen LogP contribution is -2.43. The van der Waals surface area contributed by atoms with Gasteiger partial charge in [-0.3, -0.25) is 4.99 Å². The summed E-state index contributed by atoms with van der Waals surface area (Å²) in [7, 11) is 4.07. The Labute approximate surface area is 164 Å². The average molecular weight is 444 g/mol. The smallest absolute Gasteiger partial charge is 0.191 e. The Morgan fingerprint density at radius 2 is 1.96 bits per heavy atom. The summed E-state index contributed by atoms with van der Waals surface area (Å²) in [6, 6.07) is 9.52. The number of hydrogen-bond acceptors (Lipinski definition) is 2. The van der Waals surface area contributed by atoms with Crippen LogP contribution in [0.2, 0.25) is 0 Å². The molecule has 2 rings (SSSR count). The van der Waals surface area contributed by atoms with Gasteiger partial charge in [-0.05, 0) is 44.9 Å². The Hall–Kier alpha value is -0.820. The van der Waals surface area contributed by atoms with Gasteiger partial charge in [0.25, 0.3) is 0 Å². The van der Waals surface area contributed by atoms with Crippen LogP contribution >= 0.6 is 24.0 Å². The highest BCUT2D eigenvalue weighted by Crippen LogP contribution is 2.21. The monoisotopic (exact) mass is 444 g/mol. The fourth-order valence-electron chi connectivity index (χ4n) is 3.43. The lowest BCUT2D eigenvalue weighted by Gasteiger charge is -2.25. The maximum atomic E-state index is 4.35. The highest BCUT2D eigenvalue weighted by molar-refractivity contribution is 14.0. The van der Waals surface area contributed by atoms with E-state index < -0.39 is 0 Å². The van der Waals surface area contributed by atoms with Gasteiger partial charge in [0.15, 0.2) is 5.96 Å². The van der Waals surface area contributed by atoms with Crippen LogP contribution in [0.25, 0.3) is 0 Å². The van der Waals surface area contributed by atoms with Crippen molar-refractivity contribution >= 4 is 29.9 Å². The summed E-state index contributed by atoms with van der Waals surface area (Å²) in [6.07, 6.45) is 5.49. The van der Waals surface area contributed by atoms with E-state index in [1.165, 1.54) is 36.8 Å². The van der Waals surface area contributed by atoms with Crippen molar-refractivity contribution < 1.29 is 0 Å². The van der Waals surface area contributed by atoms with Gasteiger partial charge in [-0.25, -0.2) is 0 Å². The summed E-state index contributed by atoms with van der Waals surface area (Å²) in [5, 5.41) is 6.93. The molecule has 0 bridgehead atoms. The number of halogens is 1. The first-order chi connectivity index (χ1) is 11.1. The van der Waals surface area contributed by atoms with E-state index in [0.717, 1.165) is 25.1 Å². The second kappa shape index (κ2) is 10.9. The number of benzene rings is 1. The molecule has 1 aliphatic carbocycles. The van der Waals surface area contributed by atoms with Crippen molar-refractivity contribution in [3.05, 3.63) is 35.4 Å². The predicted octanol–water partition coefficient (Wildman–Crippen LogP) is 3.71. The molecule has 1 aromatic rings. The van der Waals surface area contributed by atoms with Crippen LogP contribution in [0, 0.1) is 6.92 Å². The Balaban J connectivity index is 0.00000288. The fraction of sp³-hybridized carbons (Fsp3) is 0.632. The molecule has 1 fully saturated rings. The quantitative estimate of drug-likeness (QED) is 0.399. The summed E-state index contributed by atoms with van der Waals surface area (Å²) < 4.78 is 0. The molecule has 0 aromatic heterocycles. The molecule has 4 nitrogen and oxygen atoms in total. The van der Waals surface area contributed by atoms with E-state index >= 15 is 0 Å². The summed E-state index contributed by atoms with van der Waals surface area (Å²) in [6.45, 7) is 6.32. The number of aliphatic imine (C=N–C) groups is 1. The number of aryl methyl sites for hydroxylation is 1. The molecule has 1 aliphatic rings. The van der Waals surface area contributed by atoms with Crippen LogP contribution in [-0.4, -0.2) is 44.1 Å². The second-order valence-electron chi connectivity index (χ2n) is 6.64. The molecule has 1 saturated carbocycles. The van der Waals surface area contributed by atoms with E-state index in [0.29, 0.717) is 0 Å². The van der Waals surface area contributed by atoms with Gasteiger partial charge in [-0.15, -0.1) is 24.0 Å². The molecule has 0 aliphatic heterocycles. The third-order valence-corrected chi connectivity index (χ3v) is 4.94. The number of hydrogen-bond donors (Lipinski definition) is 2. The maximum absolute atomic E-state index is 4.35. The van der Waals surface area contributed by atoms with Gasteiger partial charge < -0.3 is 15.5 Å². The van der Waals surface area contributed by atoms with Crippen LogP contribution in [-0.2, 0) is 0 Å². The SMILES string of the molecule is CN=C(NCCN(C)C1CCCC1)NC(C)c1ccccc1C.I. The van der Waals surface area contributed by atoms with Gasteiger partial charge in [-0.1, -0.05) is 37.1 Å². The summed E-state index contributed by atoms with van der Waals surface area (Å²) in [4.78, 5) is 6.84. The van der Waals surface area contributed by atoms with E-state index in [1.54, 1.807) is 0 Å². The first-order valence-corrected chi connectivity index (χ1v) is 8.84. The molecule has 2 N–H and O–H groups in total. The third-order valence-electron chi connectivity index (χ3n) is 4.94. The van der Waals surface area contributed by atoms with Crippen LogP contribution in [0.5, 0.6) is 0 Å². The zero-order valence-electron chi connectivity index (χ0n) is 15.5. The molecule has 5 heteroatoms. The molecule has 0 radical (unpaired) electrons. The molecule has 1 unspecified atom stereocenters. The highest BCUT2D eigenvalue weighted by atomic mass is 127. The zero-order chi connectivity index (χ0) is 16.7. The van der Waals surface area contributed by atoms with Crippen LogP contribution < -0.4 is 10.6 Å². The normalized spacial score (nSPS) is 16.8. The van der Waals surface area contributed by atoms with Gasteiger partial charge in [0.2, 0.25) is 0 Å². The Morgan fingerprint density at radius 1 is 1.29 bits per heavy atom. The fourth-order valence-corrected chi connectivity index (χ4v) is 3.43. The summed E-state index contributed by atoms with van der Waals surface area (Å²) >= 11 is 0. The van der Waals surface area contributed by atoms with E-state index in [1.807, 2.05) is 7.05 Å². The lowest BCUT2D eigenvalue weighted by molar-refractivity contribution is 0.249. The van der Waals surface area contributed by atoms with Crippen molar-refractivity contribution in [1.29, 1.82) is 0 Å².